The van der Waals surface area contributed by atoms with Gasteiger partial charge in [-0.25, -0.2) is 0 Å². The first-order chi connectivity index (χ1) is 6.80. The first-order valence-corrected chi connectivity index (χ1v) is 5.02. The molecular formula is C12H13NO. The molecule has 1 aromatic carbocycles. The Morgan fingerprint density at radius 3 is 3.00 bits per heavy atom. The standard InChI is InChI=1S/C12H13NO/c1-9-8-12(14-13-9)7-6-10-4-2-3-5-11(10)12/h2-5,8,13H,6-7H2,1H3. The minimum absolute atomic E-state index is 0.180. The molecule has 0 saturated heterocycles. The first kappa shape index (κ1) is 8.06. The molecule has 2 aliphatic rings. The number of hydrogen-bond donors (Lipinski definition) is 1. The normalized spacial score (nSPS) is 28.8. The molecule has 0 aromatic heterocycles. The molecule has 3 rings (SSSR count). The van der Waals surface area contributed by atoms with E-state index in [1.54, 1.807) is 0 Å². The third-order valence-electron chi connectivity index (χ3n) is 3.08. The number of nitrogens with one attached hydrogen (secondary N) is 1. The highest BCUT2D eigenvalue weighted by Gasteiger charge is 2.41. The Hall–Kier alpha value is -1.28. The van der Waals surface area contributed by atoms with Gasteiger partial charge in [-0.3, -0.25) is 10.3 Å². The fraction of sp³-hybridized carbons (Fsp3) is 0.333. The lowest BCUT2D eigenvalue weighted by Crippen LogP contribution is -2.23. The number of fused-ring (bicyclic) bond motifs is 2. The van der Waals surface area contributed by atoms with Gasteiger partial charge < -0.3 is 0 Å². The van der Waals surface area contributed by atoms with Crippen LogP contribution in [0.2, 0.25) is 0 Å². The van der Waals surface area contributed by atoms with Crippen LogP contribution in [0.4, 0.5) is 0 Å². The predicted octanol–water partition coefficient (Wildman–Crippen LogP) is 2.27. The van der Waals surface area contributed by atoms with E-state index < -0.39 is 0 Å². The van der Waals surface area contributed by atoms with E-state index in [1.165, 1.54) is 11.1 Å². The monoisotopic (exact) mass is 187 g/mol. The van der Waals surface area contributed by atoms with E-state index in [1.807, 2.05) is 6.92 Å². The Bertz CT molecular complexity index is 411. The largest absolute Gasteiger partial charge is 0.270 e. The summed E-state index contributed by atoms with van der Waals surface area (Å²) in [5, 5.41) is 0. The van der Waals surface area contributed by atoms with Crippen LogP contribution >= 0.6 is 0 Å². The number of benzene rings is 1. The van der Waals surface area contributed by atoms with Gasteiger partial charge in [-0.2, -0.15) is 0 Å². The second-order valence-electron chi connectivity index (χ2n) is 4.08. The topological polar surface area (TPSA) is 21.3 Å². The maximum Gasteiger partial charge on any atom is 0.142 e. The summed E-state index contributed by atoms with van der Waals surface area (Å²) in [6.07, 6.45) is 4.36. The van der Waals surface area contributed by atoms with Crippen molar-refractivity contribution in [3.8, 4) is 0 Å². The Morgan fingerprint density at radius 1 is 1.36 bits per heavy atom. The zero-order valence-electron chi connectivity index (χ0n) is 8.21. The quantitative estimate of drug-likeness (QED) is 0.672. The lowest BCUT2D eigenvalue weighted by atomic mass is 9.96. The molecule has 1 aliphatic carbocycles. The lowest BCUT2D eigenvalue weighted by Gasteiger charge is -2.20. The summed E-state index contributed by atoms with van der Waals surface area (Å²) in [5.74, 6) is 0. The first-order valence-electron chi connectivity index (χ1n) is 5.02. The Morgan fingerprint density at radius 2 is 2.21 bits per heavy atom. The Balaban J connectivity index is 2.14. The number of rotatable bonds is 0. The number of hydroxylamine groups is 1. The van der Waals surface area contributed by atoms with Crippen LogP contribution in [0.15, 0.2) is 36.0 Å². The second kappa shape index (κ2) is 2.61. The number of hydrogen-bond acceptors (Lipinski definition) is 2. The van der Waals surface area contributed by atoms with Crippen LogP contribution in [0.25, 0.3) is 0 Å². The third-order valence-corrected chi connectivity index (χ3v) is 3.08. The molecule has 1 heterocycles. The molecule has 2 nitrogen and oxygen atoms in total. The van der Waals surface area contributed by atoms with Crippen molar-refractivity contribution in [2.75, 3.05) is 0 Å². The van der Waals surface area contributed by atoms with Crippen LogP contribution in [0.5, 0.6) is 0 Å². The molecular weight excluding hydrogens is 174 g/mol. The van der Waals surface area contributed by atoms with Gasteiger partial charge in [0.15, 0.2) is 0 Å². The van der Waals surface area contributed by atoms with E-state index in [-0.39, 0.29) is 5.60 Å². The zero-order chi connectivity index (χ0) is 9.60. The molecule has 1 atom stereocenters. The zero-order valence-corrected chi connectivity index (χ0v) is 8.21. The molecule has 0 bridgehead atoms. The van der Waals surface area contributed by atoms with Gasteiger partial charge in [0.25, 0.3) is 0 Å². The van der Waals surface area contributed by atoms with E-state index in [2.05, 4.69) is 35.8 Å². The summed E-state index contributed by atoms with van der Waals surface area (Å²) in [7, 11) is 0. The van der Waals surface area contributed by atoms with Crippen molar-refractivity contribution in [2.24, 2.45) is 0 Å². The van der Waals surface area contributed by atoms with Crippen LogP contribution in [0, 0.1) is 0 Å². The molecule has 1 aliphatic heterocycles. The Labute approximate surface area is 83.5 Å². The van der Waals surface area contributed by atoms with E-state index >= 15 is 0 Å². The fourth-order valence-electron chi connectivity index (χ4n) is 2.44. The van der Waals surface area contributed by atoms with Crippen molar-refractivity contribution in [1.29, 1.82) is 0 Å². The summed E-state index contributed by atoms with van der Waals surface area (Å²) >= 11 is 0. The average molecular weight is 187 g/mol. The van der Waals surface area contributed by atoms with Crippen LogP contribution in [-0.2, 0) is 16.9 Å². The SMILES string of the molecule is CC1=CC2(CCc3ccccc32)ON1. The summed E-state index contributed by atoms with van der Waals surface area (Å²) in [5.41, 5.74) is 6.63. The highest BCUT2D eigenvalue weighted by molar-refractivity contribution is 5.42. The summed E-state index contributed by atoms with van der Waals surface area (Å²) in [4.78, 5) is 5.70. The van der Waals surface area contributed by atoms with E-state index in [4.69, 9.17) is 4.84 Å². The molecule has 0 saturated carbocycles. The highest BCUT2D eigenvalue weighted by atomic mass is 16.7. The molecule has 2 heteroatoms. The number of allylic oxidation sites excluding steroid dienone is 1. The van der Waals surface area contributed by atoms with Crippen LogP contribution in [0.1, 0.15) is 24.5 Å². The van der Waals surface area contributed by atoms with Gasteiger partial charge >= 0.3 is 0 Å². The van der Waals surface area contributed by atoms with E-state index in [0.29, 0.717) is 0 Å². The summed E-state index contributed by atoms with van der Waals surface area (Å²) in [6, 6.07) is 8.53. The molecule has 0 radical (unpaired) electrons. The van der Waals surface area contributed by atoms with Crippen molar-refractivity contribution < 1.29 is 4.84 Å². The van der Waals surface area contributed by atoms with Gasteiger partial charge in [0, 0.05) is 5.70 Å². The average Bonchev–Trinajstić information content (AvgIpc) is 2.75. The van der Waals surface area contributed by atoms with Gasteiger partial charge in [-0.1, -0.05) is 24.3 Å². The van der Waals surface area contributed by atoms with Crippen molar-refractivity contribution in [3.05, 3.63) is 47.2 Å². The molecule has 1 N–H and O–H groups in total. The van der Waals surface area contributed by atoms with Crippen molar-refractivity contribution in [2.45, 2.75) is 25.4 Å². The third kappa shape index (κ3) is 0.946. The molecule has 0 amide bonds. The minimum atomic E-state index is -0.180. The van der Waals surface area contributed by atoms with E-state index in [0.717, 1.165) is 18.5 Å². The van der Waals surface area contributed by atoms with Gasteiger partial charge in [0.1, 0.15) is 5.60 Å². The maximum atomic E-state index is 5.70. The maximum absolute atomic E-state index is 5.70. The van der Waals surface area contributed by atoms with Crippen molar-refractivity contribution in [3.63, 3.8) is 0 Å². The summed E-state index contributed by atoms with van der Waals surface area (Å²) < 4.78 is 0. The van der Waals surface area contributed by atoms with Gasteiger partial charge in [0.2, 0.25) is 0 Å². The molecule has 72 valence electrons. The predicted molar refractivity (Wildman–Crippen MR) is 54.4 cm³/mol. The Kier molecular flexibility index (Phi) is 1.50. The minimum Gasteiger partial charge on any atom is -0.270 e. The van der Waals surface area contributed by atoms with Crippen molar-refractivity contribution in [1.82, 2.24) is 5.48 Å². The smallest absolute Gasteiger partial charge is 0.142 e. The summed E-state index contributed by atoms with van der Waals surface area (Å²) in [6.45, 7) is 2.04. The van der Waals surface area contributed by atoms with Gasteiger partial charge in [0.05, 0.1) is 0 Å². The van der Waals surface area contributed by atoms with E-state index in [9.17, 15) is 0 Å². The van der Waals surface area contributed by atoms with Crippen LogP contribution < -0.4 is 5.48 Å². The van der Waals surface area contributed by atoms with Crippen molar-refractivity contribution >= 4 is 0 Å². The van der Waals surface area contributed by atoms with Crippen LogP contribution in [-0.4, -0.2) is 0 Å². The van der Waals surface area contributed by atoms with Crippen LogP contribution in [0.3, 0.4) is 0 Å². The second-order valence-corrected chi connectivity index (χ2v) is 4.08. The van der Waals surface area contributed by atoms with Gasteiger partial charge in [-0.15, -0.1) is 0 Å². The fourth-order valence-corrected chi connectivity index (χ4v) is 2.44. The molecule has 0 fully saturated rings. The highest BCUT2D eigenvalue weighted by Crippen LogP contribution is 2.43. The van der Waals surface area contributed by atoms with Gasteiger partial charge in [-0.05, 0) is 37.0 Å². The molecule has 1 unspecified atom stereocenters. The molecule has 1 spiro atoms. The molecule has 1 aromatic rings. The molecule has 14 heavy (non-hydrogen) atoms. The number of aryl methyl sites for hydroxylation is 1. The lowest BCUT2D eigenvalue weighted by molar-refractivity contribution is -0.0425.